The SMILES string of the molecule is Cc1cc(Br)c(Cl)cc1NC(=O)COC(=O)c1ccc2c(c1)C(=O)N(C[C@@H]1CCCO1)C2=O. The summed E-state index contributed by atoms with van der Waals surface area (Å²) in [5.74, 6) is -2.20. The highest BCUT2D eigenvalue weighted by Crippen LogP contribution is 2.29. The van der Waals surface area contributed by atoms with Crippen LogP contribution in [-0.4, -0.2) is 54.5 Å². The van der Waals surface area contributed by atoms with Gasteiger partial charge in [0.25, 0.3) is 17.7 Å². The van der Waals surface area contributed by atoms with E-state index in [1.165, 1.54) is 18.2 Å². The number of hydrogen-bond acceptors (Lipinski definition) is 6. The average molecular weight is 536 g/mol. The summed E-state index contributed by atoms with van der Waals surface area (Å²) in [6.45, 7) is 2.08. The van der Waals surface area contributed by atoms with Gasteiger partial charge in [0.05, 0.1) is 34.4 Å². The predicted molar refractivity (Wildman–Crippen MR) is 124 cm³/mol. The normalized spacial score (nSPS) is 17.3. The van der Waals surface area contributed by atoms with E-state index in [0.29, 0.717) is 21.8 Å². The molecule has 0 spiro atoms. The van der Waals surface area contributed by atoms with E-state index in [2.05, 4.69) is 21.2 Å². The molecule has 2 aromatic rings. The predicted octanol–water partition coefficient (Wildman–Crippen LogP) is 3.98. The summed E-state index contributed by atoms with van der Waals surface area (Å²) in [6, 6.07) is 7.50. The number of aryl methyl sites for hydroxylation is 1. The van der Waals surface area contributed by atoms with Crippen LogP contribution >= 0.6 is 27.5 Å². The van der Waals surface area contributed by atoms with E-state index in [9.17, 15) is 19.2 Å². The molecular weight excluding hydrogens is 516 g/mol. The van der Waals surface area contributed by atoms with Crippen molar-refractivity contribution in [2.24, 2.45) is 0 Å². The number of benzene rings is 2. The zero-order valence-electron chi connectivity index (χ0n) is 17.7. The Labute approximate surface area is 203 Å². The van der Waals surface area contributed by atoms with Gasteiger partial charge in [-0.3, -0.25) is 19.3 Å². The molecular formula is C23H20BrClN2O6. The number of nitrogens with one attached hydrogen (secondary N) is 1. The first-order valence-corrected chi connectivity index (χ1v) is 11.5. The molecule has 2 aliphatic rings. The van der Waals surface area contributed by atoms with Crippen molar-refractivity contribution in [3.8, 4) is 0 Å². The molecule has 0 bridgehead atoms. The lowest BCUT2D eigenvalue weighted by Crippen LogP contribution is -2.36. The van der Waals surface area contributed by atoms with Gasteiger partial charge in [0.15, 0.2) is 6.61 Å². The molecule has 172 valence electrons. The molecule has 1 N–H and O–H groups in total. The fourth-order valence-electron chi connectivity index (χ4n) is 3.76. The summed E-state index contributed by atoms with van der Waals surface area (Å²) >= 11 is 9.37. The molecule has 2 heterocycles. The number of ether oxygens (including phenoxy) is 2. The Kier molecular flexibility index (Phi) is 6.83. The number of imide groups is 1. The van der Waals surface area contributed by atoms with Crippen LogP contribution in [0.25, 0.3) is 0 Å². The van der Waals surface area contributed by atoms with Crippen LogP contribution < -0.4 is 5.32 Å². The van der Waals surface area contributed by atoms with Gasteiger partial charge in [-0.05, 0) is 71.6 Å². The van der Waals surface area contributed by atoms with Crippen LogP contribution in [0.5, 0.6) is 0 Å². The number of halogens is 2. The van der Waals surface area contributed by atoms with Gasteiger partial charge in [-0.15, -0.1) is 0 Å². The van der Waals surface area contributed by atoms with Gasteiger partial charge in [0.1, 0.15) is 0 Å². The van der Waals surface area contributed by atoms with Gasteiger partial charge in [0, 0.05) is 16.8 Å². The average Bonchev–Trinajstić information content (AvgIpc) is 3.38. The Balaban J connectivity index is 1.39. The van der Waals surface area contributed by atoms with Gasteiger partial charge in [0.2, 0.25) is 0 Å². The number of nitrogens with zero attached hydrogens (tertiary/aromatic N) is 1. The molecule has 0 unspecified atom stereocenters. The number of fused-ring (bicyclic) bond motifs is 1. The van der Waals surface area contributed by atoms with Crippen molar-refractivity contribution in [1.29, 1.82) is 0 Å². The van der Waals surface area contributed by atoms with Crippen molar-refractivity contribution in [2.45, 2.75) is 25.9 Å². The molecule has 1 fully saturated rings. The third-order valence-corrected chi connectivity index (χ3v) is 6.69. The lowest BCUT2D eigenvalue weighted by molar-refractivity contribution is -0.119. The standard InChI is InChI=1S/C23H20BrClN2O6/c1-12-7-17(24)18(25)9-19(12)26-20(28)11-33-23(31)13-4-5-15-16(8-13)22(30)27(21(15)29)10-14-3-2-6-32-14/h4-5,7-9,14H,2-3,6,10-11H2,1H3,(H,26,28)/t14-/m0/s1. The largest absolute Gasteiger partial charge is 0.452 e. The maximum atomic E-state index is 12.7. The molecule has 3 amide bonds. The molecule has 1 saturated heterocycles. The Bertz CT molecular complexity index is 1160. The summed E-state index contributed by atoms with van der Waals surface area (Å²) in [5.41, 5.74) is 1.72. The summed E-state index contributed by atoms with van der Waals surface area (Å²) in [4.78, 5) is 51.2. The third-order valence-electron chi connectivity index (χ3n) is 5.49. The van der Waals surface area contributed by atoms with Crippen LogP contribution in [0.4, 0.5) is 5.69 Å². The fourth-order valence-corrected chi connectivity index (χ4v) is 4.38. The minimum Gasteiger partial charge on any atom is -0.452 e. The molecule has 2 aromatic carbocycles. The smallest absolute Gasteiger partial charge is 0.338 e. The number of carbonyl (C=O) groups excluding carboxylic acids is 4. The number of anilines is 1. The Morgan fingerprint density at radius 1 is 1.21 bits per heavy atom. The minimum absolute atomic E-state index is 0.0736. The fraction of sp³-hybridized carbons (Fsp3) is 0.304. The number of hydrogen-bond donors (Lipinski definition) is 1. The maximum Gasteiger partial charge on any atom is 0.338 e. The lowest BCUT2D eigenvalue weighted by atomic mass is 10.1. The van der Waals surface area contributed by atoms with Crippen molar-refractivity contribution in [3.05, 3.63) is 62.1 Å². The molecule has 33 heavy (non-hydrogen) atoms. The van der Waals surface area contributed by atoms with Crippen LogP contribution in [0.2, 0.25) is 5.02 Å². The van der Waals surface area contributed by atoms with Gasteiger partial charge < -0.3 is 14.8 Å². The summed E-state index contributed by atoms with van der Waals surface area (Å²) < 4.78 is 11.3. The zero-order chi connectivity index (χ0) is 23.7. The molecule has 10 heteroatoms. The van der Waals surface area contributed by atoms with E-state index >= 15 is 0 Å². The maximum absolute atomic E-state index is 12.7. The third kappa shape index (κ3) is 4.95. The first kappa shape index (κ1) is 23.4. The van der Waals surface area contributed by atoms with Crippen LogP contribution in [0, 0.1) is 6.92 Å². The van der Waals surface area contributed by atoms with E-state index < -0.39 is 30.3 Å². The monoisotopic (exact) mass is 534 g/mol. The second-order valence-electron chi connectivity index (χ2n) is 7.82. The van der Waals surface area contributed by atoms with Gasteiger partial charge in [-0.2, -0.15) is 0 Å². The molecule has 8 nitrogen and oxygen atoms in total. The van der Waals surface area contributed by atoms with Crippen LogP contribution in [0.15, 0.2) is 34.8 Å². The van der Waals surface area contributed by atoms with Crippen LogP contribution in [-0.2, 0) is 14.3 Å². The van der Waals surface area contributed by atoms with E-state index in [-0.39, 0.29) is 29.3 Å². The quantitative estimate of drug-likeness (QED) is 0.443. The second kappa shape index (κ2) is 9.62. The first-order valence-electron chi connectivity index (χ1n) is 10.3. The van der Waals surface area contributed by atoms with Crippen molar-refractivity contribution in [1.82, 2.24) is 4.90 Å². The van der Waals surface area contributed by atoms with Crippen molar-refractivity contribution >= 4 is 56.9 Å². The Hall–Kier alpha value is -2.75. The second-order valence-corrected chi connectivity index (χ2v) is 9.08. The number of amides is 3. The van der Waals surface area contributed by atoms with Crippen molar-refractivity contribution < 1.29 is 28.7 Å². The first-order chi connectivity index (χ1) is 15.7. The van der Waals surface area contributed by atoms with Crippen LogP contribution in [0.1, 0.15) is 49.5 Å². The van der Waals surface area contributed by atoms with E-state index in [1.54, 1.807) is 19.1 Å². The highest BCUT2D eigenvalue weighted by molar-refractivity contribution is 9.10. The molecule has 0 aromatic heterocycles. The Morgan fingerprint density at radius 2 is 1.97 bits per heavy atom. The van der Waals surface area contributed by atoms with E-state index in [0.717, 1.165) is 23.3 Å². The lowest BCUT2D eigenvalue weighted by Gasteiger charge is -2.17. The van der Waals surface area contributed by atoms with Crippen molar-refractivity contribution in [3.63, 3.8) is 0 Å². The van der Waals surface area contributed by atoms with Crippen molar-refractivity contribution in [2.75, 3.05) is 25.1 Å². The number of rotatable bonds is 6. The summed E-state index contributed by atoms with van der Waals surface area (Å²) in [7, 11) is 0. The van der Waals surface area contributed by atoms with Gasteiger partial charge in [-0.1, -0.05) is 11.6 Å². The minimum atomic E-state index is -0.781. The topological polar surface area (TPSA) is 102 Å². The molecule has 0 radical (unpaired) electrons. The van der Waals surface area contributed by atoms with Gasteiger partial charge >= 0.3 is 5.97 Å². The van der Waals surface area contributed by atoms with Crippen LogP contribution in [0.3, 0.4) is 0 Å². The highest BCUT2D eigenvalue weighted by atomic mass is 79.9. The summed E-state index contributed by atoms with van der Waals surface area (Å²) in [5, 5.41) is 3.07. The zero-order valence-corrected chi connectivity index (χ0v) is 20.0. The molecule has 4 rings (SSSR count). The number of esters is 1. The van der Waals surface area contributed by atoms with Gasteiger partial charge in [-0.25, -0.2) is 4.79 Å². The van der Waals surface area contributed by atoms with E-state index in [1.807, 2.05) is 0 Å². The molecule has 1 atom stereocenters. The molecule has 0 saturated carbocycles. The van der Waals surface area contributed by atoms with E-state index in [4.69, 9.17) is 21.1 Å². The number of carbonyl (C=O) groups is 4. The Morgan fingerprint density at radius 3 is 2.70 bits per heavy atom. The highest BCUT2D eigenvalue weighted by Gasteiger charge is 2.38. The summed E-state index contributed by atoms with van der Waals surface area (Å²) in [6.07, 6.45) is 1.52. The molecule has 2 aliphatic heterocycles. The molecule has 0 aliphatic carbocycles.